The van der Waals surface area contributed by atoms with Crippen LogP contribution < -0.4 is 15.8 Å². The van der Waals surface area contributed by atoms with Gasteiger partial charge in [-0.15, -0.1) is 0 Å². The van der Waals surface area contributed by atoms with Crippen molar-refractivity contribution in [2.45, 2.75) is 4.90 Å². The maximum absolute atomic E-state index is 11.4. The Balaban J connectivity index is 2.16. The van der Waals surface area contributed by atoms with Crippen LogP contribution in [0.25, 0.3) is 0 Å². The Hall–Kier alpha value is -1.35. The number of anilines is 2. The van der Waals surface area contributed by atoms with Gasteiger partial charge in [0.1, 0.15) is 0 Å². The fourth-order valence-corrected chi connectivity index (χ4v) is 2.91. The third kappa shape index (κ3) is 3.60. The van der Waals surface area contributed by atoms with Crippen molar-refractivity contribution in [1.82, 2.24) is 4.90 Å². The van der Waals surface area contributed by atoms with Gasteiger partial charge < -0.3 is 15.7 Å². The molecule has 0 spiro atoms. The summed E-state index contributed by atoms with van der Waals surface area (Å²) in [6.45, 7) is 3.96. The largest absolute Gasteiger partial charge is 0.399 e. The normalized spacial score (nSPS) is 17.4. The number of nitrogen functional groups attached to an aromatic ring is 1. The van der Waals surface area contributed by atoms with E-state index >= 15 is 0 Å². The fraction of sp³-hybridized carbons (Fsp3) is 0.500. The number of hydrogen-bond acceptors (Lipinski definition) is 6. The van der Waals surface area contributed by atoms with E-state index in [1.165, 1.54) is 6.07 Å². The lowest BCUT2D eigenvalue weighted by molar-refractivity contribution is 0.189. The molecule has 0 unspecified atom stereocenters. The second kappa shape index (κ2) is 5.96. The first-order valence-corrected chi connectivity index (χ1v) is 7.96. The molecule has 1 saturated heterocycles. The topological polar surface area (TPSA) is 113 Å². The molecule has 112 valence electrons. The van der Waals surface area contributed by atoms with Gasteiger partial charge in [0, 0.05) is 44.1 Å². The van der Waals surface area contributed by atoms with Crippen molar-refractivity contribution in [3.8, 4) is 0 Å². The number of β-amino-alcohol motifs (C(OH)–C–C–N with tert-alkyl or cyclic N) is 1. The highest BCUT2D eigenvalue weighted by atomic mass is 32.2. The molecule has 7 nitrogen and oxygen atoms in total. The number of benzene rings is 1. The molecule has 0 aromatic heterocycles. The van der Waals surface area contributed by atoms with Gasteiger partial charge in [-0.3, -0.25) is 4.90 Å². The van der Waals surface area contributed by atoms with E-state index in [0.29, 0.717) is 12.2 Å². The van der Waals surface area contributed by atoms with Gasteiger partial charge in [0.2, 0.25) is 10.0 Å². The molecule has 1 aliphatic heterocycles. The standard InChI is InChI=1S/C12H20N4O3S/c13-10-7-11(9-12(8-10)20(14,18)19)16-3-1-15(2-4-16)5-6-17/h7-9,17H,1-6,13H2,(H2,14,18,19). The Morgan fingerprint density at radius 1 is 1.15 bits per heavy atom. The first kappa shape index (κ1) is 15.0. The van der Waals surface area contributed by atoms with Crippen LogP contribution in [-0.2, 0) is 10.0 Å². The molecule has 5 N–H and O–H groups in total. The number of primary sulfonamides is 1. The second-order valence-electron chi connectivity index (χ2n) is 4.86. The van der Waals surface area contributed by atoms with E-state index in [-0.39, 0.29) is 11.5 Å². The summed E-state index contributed by atoms with van der Waals surface area (Å²) in [6.07, 6.45) is 0. The van der Waals surface area contributed by atoms with Crippen LogP contribution in [0.3, 0.4) is 0 Å². The molecule has 0 radical (unpaired) electrons. The van der Waals surface area contributed by atoms with Gasteiger partial charge in [-0.1, -0.05) is 0 Å². The zero-order valence-corrected chi connectivity index (χ0v) is 12.0. The predicted octanol–water partition coefficient (Wildman–Crippen LogP) is -0.969. The zero-order valence-electron chi connectivity index (χ0n) is 11.2. The summed E-state index contributed by atoms with van der Waals surface area (Å²) in [5.41, 5.74) is 6.89. The van der Waals surface area contributed by atoms with E-state index in [9.17, 15) is 8.42 Å². The molecule has 0 aliphatic carbocycles. The number of piperazine rings is 1. The Morgan fingerprint density at radius 3 is 2.35 bits per heavy atom. The number of rotatable bonds is 4. The van der Waals surface area contributed by atoms with Crippen molar-refractivity contribution < 1.29 is 13.5 Å². The highest BCUT2D eigenvalue weighted by molar-refractivity contribution is 7.89. The lowest BCUT2D eigenvalue weighted by Gasteiger charge is -2.36. The highest BCUT2D eigenvalue weighted by Gasteiger charge is 2.19. The lowest BCUT2D eigenvalue weighted by Crippen LogP contribution is -2.47. The van der Waals surface area contributed by atoms with Crippen molar-refractivity contribution in [2.75, 3.05) is 50.0 Å². The molecule has 20 heavy (non-hydrogen) atoms. The first-order chi connectivity index (χ1) is 9.40. The van der Waals surface area contributed by atoms with Crippen LogP contribution in [0.5, 0.6) is 0 Å². The molecule has 0 amide bonds. The zero-order chi connectivity index (χ0) is 14.8. The maximum Gasteiger partial charge on any atom is 0.238 e. The van der Waals surface area contributed by atoms with Crippen LogP contribution in [0.1, 0.15) is 0 Å². The third-order valence-electron chi connectivity index (χ3n) is 3.40. The van der Waals surface area contributed by atoms with Gasteiger partial charge in [-0.05, 0) is 18.2 Å². The number of nitrogens with two attached hydrogens (primary N) is 2. The van der Waals surface area contributed by atoms with E-state index in [2.05, 4.69) is 9.80 Å². The molecule has 0 bridgehead atoms. The van der Waals surface area contributed by atoms with Crippen molar-refractivity contribution in [3.05, 3.63) is 18.2 Å². The minimum Gasteiger partial charge on any atom is -0.399 e. The SMILES string of the molecule is Nc1cc(N2CCN(CCO)CC2)cc(S(N)(=O)=O)c1. The fourth-order valence-electron chi connectivity index (χ4n) is 2.32. The number of nitrogens with zero attached hydrogens (tertiary/aromatic N) is 2. The quantitative estimate of drug-likeness (QED) is 0.617. The van der Waals surface area contributed by atoms with E-state index in [1.54, 1.807) is 12.1 Å². The molecule has 0 atom stereocenters. The average molecular weight is 300 g/mol. The first-order valence-electron chi connectivity index (χ1n) is 6.41. The van der Waals surface area contributed by atoms with Crippen LogP contribution in [-0.4, -0.2) is 57.8 Å². The number of hydrogen-bond donors (Lipinski definition) is 3. The van der Waals surface area contributed by atoms with Crippen molar-refractivity contribution in [2.24, 2.45) is 5.14 Å². The highest BCUT2D eigenvalue weighted by Crippen LogP contribution is 2.24. The van der Waals surface area contributed by atoms with E-state index in [4.69, 9.17) is 16.0 Å². The van der Waals surface area contributed by atoms with E-state index < -0.39 is 10.0 Å². The monoisotopic (exact) mass is 300 g/mol. The van der Waals surface area contributed by atoms with Crippen LogP contribution >= 0.6 is 0 Å². The number of aliphatic hydroxyl groups excluding tert-OH is 1. The average Bonchev–Trinajstić information content (AvgIpc) is 2.38. The molecular weight excluding hydrogens is 280 g/mol. The maximum atomic E-state index is 11.4. The van der Waals surface area contributed by atoms with Crippen molar-refractivity contribution in [3.63, 3.8) is 0 Å². The molecule has 1 aromatic carbocycles. The van der Waals surface area contributed by atoms with Gasteiger partial charge in [0.25, 0.3) is 0 Å². The minimum atomic E-state index is -3.76. The van der Waals surface area contributed by atoms with Crippen LogP contribution in [0, 0.1) is 0 Å². The molecule has 1 fully saturated rings. The van der Waals surface area contributed by atoms with Crippen LogP contribution in [0.15, 0.2) is 23.1 Å². The van der Waals surface area contributed by atoms with E-state index in [0.717, 1.165) is 31.9 Å². The van der Waals surface area contributed by atoms with Crippen LogP contribution in [0.2, 0.25) is 0 Å². The Labute approximate surface area is 118 Å². The molecule has 1 aromatic rings. The molecule has 0 saturated carbocycles. The predicted molar refractivity (Wildman–Crippen MR) is 78.0 cm³/mol. The van der Waals surface area contributed by atoms with Crippen molar-refractivity contribution >= 4 is 21.4 Å². The second-order valence-corrected chi connectivity index (χ2v) is 6.42. The van der Waals surface area contributed by atoms with Gasteiger partial charge >= 0.3 is 0 Å². The van der Waals surface area contributed by atoms with E-state index in [1.807, 2.05) is 0 Å². The summed E-state index contributed by atoms with van der Waals surface area (Å²) in [6, 6.07) is 4.66. The smallest absolute Gasteiger partial charge is 0.238 e. The van der Waals surface area contributed by atoms with Gasteiger partial charge in [-0.2, -0.15) is 0 Å². The molecule has 8 heteroatoms. The summed E-state index contributed by atoms with van der Waals surface area (Å²) in [4.78, 5) is 4.26. The van der Waals surface area contributed by atoms with Gasteiger partial charge in [-0.25, -0.2) is 13.6 Å². The summed E-state index contributed by atoms with van der Waals surface area (Å²) in [5.74, 6) is 0. The minimum absolute atomic E-state index is 0.0327. The Kier molecular flexibility index (Phi) is 4.48. The Bertz CT molecular complexity index is 568. The third-order valence-corrected chi connectivity index (χ3v) is 4.29. The molecule has 1 heterocycles. The Morgan fingerprint density at radius 2 is 1.80 bits per heavy atom. The summed E-state index contributed by atoms with van der Waals surface area (Å²) in [5, 5.41) is 14.1. The molecule has 2 rings (SSSR count). The lowest BCUT2D eigenvalue weighted by atomic mass is 10.2. The number of sulfonamides is 1. The summed E-state index contributed by atoms with van der Waals surface area (Å²) < 4.78 is 22.9. The van der Waals surface area contributed by atoms with Crippen molar-refractivity contribution in [1.29, 1.82) is 0 Å². The number of aliphatic hydroxyl groups is 1. The van der Waals surface area contributed by atoms with Gasteiger partial charge in [0.05, 0.1) is 11.5 Å². The van der Waals surface area contributed by atoms with Crippen LogP contribution in [0.4, 0.5) is 11.4 Å². The molecular formula is C12H20N4O3S. The summed E-state index contributed by atoms with van der Waals surface area (Å²) in [7, 11) is -3.76. The molecule has 1 aliphatic rings. The van der Waals surface area contributed by atoms with Gasteiger partial charge in [0.15, 0.2) is 0 Å². The summed E-state index contributed by atoms with van der Waals surface area (Å²) >= 11 is 0.